The molecule has 2 atom stereocenters. The topological polar surface area (TPSA) is 72.3 Å². The number of thiazole rings is 1. The monoisotopic (exact) mass is 527 g/mol. The number of anilines is 2. The molecule has 188 valence electrons. The van der Waals surface area contributed by atoms with Crippen molar-refractivity contribution >= 4 is 33.8 Å². The van der Waals surface area contributed by atoms with E-state index in [4.69, 9.17) is 16.3 Å². The zero-order valence-corrected chi connectivity index (χ0v) is 21.0. The Balaban J connectivity index is 1.68. The molecule has 1 aromatic carbocycles. The average molecular weight is 528 g/mol. The molecule has 2 aromatic heterocycles. The average Bonchev–Trinajstić information content (AvgIpc) is 3.46. The Morgan fingerprint density at radius 3 is 2.66 bits per heavy atom. The molecule has 1 aliphatic heterocycles. The van der Waals surface area contributed by atoms with Gasteiger partial charge in [0.15, 0.2) is 5.13 Å². The highest BCUT2D eigenvalue weighted by Gasteiger charge is 2.36. The van der Waals surface area contributed by atoms with Crippen LogP contribution in [0.4, 0.5) is 24.0 Å². The van der Waals surface area contributed by atoms with Gasteiger partial charge in [-0.25, -0.2) is 9.97 Å². The molecule has 1 unspecified atom stereocenters. The highest BCUT2D eigenvalue weighted by Crippen LogP contribution is 2.35. The minimum absolute atomic E-state index is 0.125. The quantitative estimate of drug-likeness (QED) is 0.462. The molecule has 4 rings (SSSR count). The fourth-order valence-corrected chi connectivity index (χ4v) is 5.14. The predicted octanol–water partition coefficient (Wildman–Crippen LogP) is 5.07. The predicted molar refractivity (Wildman–Crippen MR) is 132 cm³/mol. The Morgan fingerprint density at radius 1 is 1.29 bits per heavy atom. The van der Waals surface area contributed by atoms with Gasteiger partial charge < -0.3 is 15.0 Å². The first-order valence-electron chi connectivity index (χ1n) is 11.1. The minimum atomic E-state index is -4.52. The van der Waals surface area contributed by atoms with Crippen molar-refractivity contribution < 1.29 is 17.9 Å². The van der Waals surface area contributed by atoms with Gasteiger partial charge in [-0.1, -0.05) is 11.6 Å². The van der Waals surface area contributed by atoms with Crippen molar-refractivity contribution in [2.45, 2.75) is 45.6 Å². The molecule has 1 aliphatic rings. The van der Waals surface area contributed by atoms with Gasteiger partial charge in [-0.05, 0) is 39.0 Å². The molecular weight excluding hydrogens is 503 g/mol. The molecule has 0 saturated carbocycles. The fraction of sp³-hybridized carbons (Fsp3) is 0.435. The summed E-state index contributed by atoms with van der Waals surface area (Å²) in [5.74, 6) is 0.219. The Bertz CT molecular complexity index is 1250. The third-order valence-electron chi connectivity index (χ3n) is 5.87. The van der Waals surface area contributed by atoms with Crippen LogP contribution in [0.3, 0.4) is 0 Å². The number of halogens is 4. The first kappa shape index (κ1) is 25.5. The van der Waals surface area contributed by atoms with Gasteiger partial charge in [0.25, 0.3) is 5.56 Å². The Kier molecular flexibility index (Phi) is 7.39. The second-order valence-corrected chi connectivity index (χ2v) is 9.38. The van der Waals surface area contributed by atoms with Gasteiger partial charge >= 0.3 is 6.18 Å². The van der Waals surface area contributed by atoms with Crippen LogP contribution >= 0.6 is 22.9 Å². The van der Waals surface area contributed by atoms with Crippen LogP contribution in [0.25, 0.3) is 11.4 Å². The van der Waals surface area contributed by atoms with Crippen molar-refractivity contribution in [3.05, 3.63) is 56.4 Å². The molecule has 0 bridgehead atoms. The van der Waals surface area contributed by atoms with E-state index in [1.807, 2.05) is 12.3 Å². The van der Waals surface area contributed by atoms with Crippen molar-refractivity contribution in [1.82, 2.24) is 14.5 Å². The first-order chi connectivity index (χ1) is 16.6. The lowest BCUT2D eigenvalue weighted by Gasteiger charge is -2.22. The lowest BCUT2D eigenvalue weighted by Crippen LogP contribution is -2.38. The van der Waals surface area contributed by atoms with Crippen LogP contribution in [0.5, 0.6) is 0 Å². The smallest absolute Gasteiger partial charge is 0.374 e. The summed E-state index contributed by atoms with van der Waals surface area (Å²) in [5, 5.41) is 6.00. The number of hydrogen-bond donors (Lipinski definition) is 1. The lowest BCUT2D eigenvalue weighted by molar-refractivity contribution is -0.137. The Labute approximate surface area is 209 Å². The van der Waals surface area contributed by atoms with Crippen molar-refractivity contribution in [3.8, 4) is 11.4 Å². The van der Waals surface area contributed by atoms with Crippen LogP contribution in [0.1, 0.15) is 25.1 Å². The summed E-state index contributed by atoms with van der Waals surface area (Å²) in [6.07, 6.45) is -2.94. The molecule has 3 heterocycles. The van der Waals surface area contributed by atoms with Gasteiger partial charge in [0, 0.05) is 43.4 Å². The van der Waals surface area contributed by atoms with Gasteiger partial charge in [-0.3, -0.25) is 9.36 Å². The maximum absolute atomic E-state index is 13.5. The van der Waals surface area contributed by atoms with Gasteiger partial charge in [0.2, 0.25) is 0 Å². The maximum Gasteiger partial charge on any atom is 0.416 e. The number of aromatic nitrogens is 3. The third kappa shape index (κ3) is 5.17. The molecule has 1 saturated heterocycles. The van der Waals surface area contributed by atoms with E-state index >= 15 is 0 Å². The maximum atomic E-state index is 13.5. The van der Waals surface area contributed by atoms with Crippen molar-refractivity contribution in [1.29, 1.82) is 0 Å². The van der Waals surface area contributed by atoms with Crippen LogP contribution in [-0.4, -0.2) is 46.4 Å². The summed E-state index contributed by atoms with van der Waals surface area (Å²) in [7, 11) is 0. The van der Waals surface area contributed by atoms with Gasteiger partial charge in [-0.15, -0.1) is 11.3 Å². The Morgan fingerprint density at radius 2 is 2.06 bits per heavy atom. The summed E-state index contributed by atoms with van der Waals surface area (Å²) < 4.78 is 46.6. The molecule has 12 heteroatoms. The van der Waals surface area contributed by atoms with Crippen molar-refractivity contribution in [2.75, 3.05) is 29.9 Å². The SMILES string of the molecule is CCO[C@H]1CN(c2nccs2)CC1Nc1c(C)nc(-c2ccc(C(F)(F)F)cc2Cl)n(CC)c1=O. The van der Waals surface area contributed by atoms with Crippen molar-refractivity contribution in [3.63, 3.8) is 0 Å². The number of rotatable bonds is 7. The summed E-state index contributed by atoms with van der Waals surface area (Å²) in [5.41, 5.74) is -0.173. The van der Waals surface area contributed by atoms with E-state index in [1.165, 1.54) is 22.0 Å². The van der Waals surface area contributed by atoms with Crippen LogP contribution in [0, 0.1) is 6.92 Å². The zero-order chi connectivity index (χ0) is 25.3. The van der Waals surface area contributed by atoms with Crippen LogP contribution in [0.2, 0.25) is 5.02 Å². The van der Waals surface area contributed by atoms with E-state index in [9.17, 15) is 18.0 Å². The van der Waals surface area contributed by atoms with Crippen LogP contribution in [0.15, 0.2) is 34.6 Å². The third-order valence-corrected chi connectivity index (χ3v) is 7.02. The molecule has 0 aliphatic carbocycles. The molecule has 1 N–H and O–H groups in total. The number of hydrogen-bond acceptors (Lipinski definition) is 7. The molecule has 1 fully saturated rings. The molecule has 3 aromatic rings. The largest absolute Gasteiger partial charge is 0.416 e. The highest BCUT2D eigenvalue weighted by atomic mass is 35.5. The fourth-order valence-electron chi connectivity index (χ4n) is 4.21. The number of alkyl halides is 3. The molecular formula is C23H25ClF3N5O2S. The first-order valence-corrected chi connectivity index (χ1v) is 12.4. The molecule has 0 spiro atoms. The van der Waals surface area contributed by atoms with Crippen LogP contribution < -0.4 is 15.8 Å². The van der Waals surface area contributed by atoms with E-state index in [0.29, 0.717) is 31.1 Å². The van der Waals surface area contributed by atoms with Gasteiger partial charge in [0.05, 0.1) is 28.4 Å². The summed E-state index contributed by atoms with van der Waals surface area (Å²) in [6.45, 7) is 7.39. The summed E-state index contributed by atoms with van der Waals surface area (Å²) in [4.78, 5) is 24.6. The second-order valence-electron chi connectivity index (χ2n) is 8.10. The number of nitrogens with zero attached hydrogens (tertiary/aromatic N) is 4. The van der Waals surface area contributed by atoms with E-state index in [-0.39, 0.29) is 40.7 Å². The summed E-state index contributed by atoms with van der Waals surface area (Å²) in [6, 6.07) is 2.86. The Hall–Kier alpha value is -2.63. The second kappa shape index (κ2) is 10.2. The highest BCUT2D eigenvalue weighted by molar-refractivity contribution is 7.13. The van der Waals surface area contributed by atoms with E-state index in [0.717, 1.165) is 17.3 Å². The van der Waals surface area contributed by atoms with Crippen LogP contribution in [-0.2, 0) is 17.5 Å². The number of nitrogens with one attached hydrogen (secondary N) is 1. The molecule has 0 amide bonds. The molecule has 0 radical (unpaired) electrons. The molecule has 7 nitrogen and oxygen atoms in total. The van der Waals surface area contributed by atoms with E-state index in [1.54, 1.807) is 20.0 Å². The van der Waals surface area contributed by atoms with E-state index in [2.05, 4.69) is 20.2 Å². The normalized spacial score (nSPS) is 18.3. The van der Waals surface area contributed by atoms with Gasteiger partial charge in [-0.2, -0.15) is 13.2 Å². The number of benzene rings is 1. The van der Waals surface area contributed by atoms with Crippen molar-refractivity contribution in [2.24, 2.45) is 0 Å². The minimum Gasteiger partial charge on any atom is -0.374 e. The number of ether oxygens (including phenoxy) is 1. The lowest BCUT2D eigenvalue weighted by atomic mass is 10.1. The van der Waals surface area contributed by atoms with Gasteiger partial charge in [0.1, 0.15) is 11.5 Å². The number of aryl methyl sites for hydroxylation is 1. The zero-order valence-electron chi connectivity index (χ0n) is 19.4. The standard InChI is InChI=1S/C23H25ClF3N5O2S/c1-4-32-20(15-7-6-14(10-16(15)24)23(25,26)27)29-13(3)19(21(32)33)30-17-11-31(12-18(17)34-5-2)22-28-8-9-35-22/h6-10,17-18,30H,4-5,11-12H2,1-3H3/t17?,18-/m0/s1. The van der Waals surface area contributed by atoms with E-state index < -0.39 is 11.7 Å². The summed E-state index contributed by atoms with van der Waals surface area (Å²) >= 11 is 7.74. The molecule has 35 heavy (non-hydrogen) atoms.